The molecule has 0 unspecified atom stereocenters. The molecule has 1 radical (unpaired) electrons. The molecular weight excluding hydrogens is 466 g/mol. The van der Waals surface area contributed by atoms with Gasteiger partial charge in [0.15, 0.2) is 5.11 Å². The van der Waals surface area contributed by atoms with Gasteiger partial charge in [-0.15, -0.1) is 0 Å². The summed E-state index contributed by atoms with van der Waals surface area (Å²) in [7, 11) is 1.52. The molecule has 0 amide bonds. The molecule has 0 saturated carbocycles. The van der Waals surface area contributed by atoms with Crippen LogP contribution in [0.5, 0.6) is 11.5 Å². The summed E-state index contributed by atoms with van der Waals surface area (Å²) < 4.78 is 4.99. The van der Waals surface area contributed by atoms with Crippen molar-refractivity contribution in [2.45, 2.75) is 0 Å². The first-order valence-corrected chi connectivity index (χ1v) is 9.06. The van der Waals surface area contributed by atoms with Gasteiger partial charge in [-0.3, -0.25) is 15.4 Å². The molecule has 2 heterocycles. The van der Waals surface area contributed by atoms with Gasteiger partial charge in [0.25, 0.3) is 0 Å². The minimum atomic E-state index is 0. The Morgan fingerprint density at radius 3 is 2.13 bits per heavy atom. The zero-order chi connectivity index (χ0) is 20.6. The van der Waals surface area contributed by atoms with Crippen molar-refractivity contribution in [1.29, 1.82) is 0 Å². The molecule has 0 bridgehead atoms. The number of thiocarbonyl (C=S) groups is 1. The number of fused-ring (bicyclic) bond motifs is 3. The van der Waals surface area contributed by atoms with E-state index in [0.29, 0.717) is 11.3 Å². The number of hydrazone groups is 1. The fraction of sp³-hybridized carbons (Fsp3) is 0.0476. The first-order chi connectivity index (χ1) is 14.1. The molecule has 0 aliphatic rings. The Bertz CT molecular complexity index is 1140. The quantitative estimate of drug-likeness (QED) is 0.113. The number of hydrogen-bond acceptors (Lipinski definition) is 6. The molecule has 31 heavy (non-hydrogen) atoms. The molecule has 6 N–H and O–H groups in total. The molecule has 0 fully saturated rings. The second-order valence-electron chi connectivity index (χ2n) is 5.87. The van der Waals surface area contributed by atoms with Crippen LogP contribution < -0.4 is 15.9 Å². The third-order valence-electron chi connectivity index (χ3n) is 4.00. The second-order valence-corrected chi connectivity index (χ2v) is 6.31. The first-order valence-electron chi connectivity index (χ1n) is 8.65. The van der Waals surface area contributed by atoms with Gasteiger partial charge < -0.3 is 21.1 Å². The zero-order valence-corrected chi connectivity index (χ0v) is 18.2. The molecule has 4 rings (SSSR count). The van der Waals surface area contributed by atoms with Crippen molar-refractivity contribution < 1.29 is 32.4 Å². The van der Waals surface area contributed by atoms with Crippen molar-refractivity contribution in [1.82, 2.24) is 15.4 Å². The molecule has 4 aromatic rings. The molecular formula is C21H21CuN5O3S+2. The van der Waals surface area contributed by atoms with Gasteiger partial charge in [0.2, 0.25) is 5.75 Å². The number of ether oxygens (including phenoxy) is 1. The number of pyridine rings is 2. The SMILES string of the molecule is COc1cccc(C=NNC(N)=S)c1[OH2+].[Cu+2].[OH-].c1cnc2c(c1)ccc1cccnc12. The predicted molar refractivity (Wildman–Crippen MR) is 123 cm³/mol. The first kappa shape index (κ1) is 25.7. The van der Waals surface area contributed by atoms with E-state index >= 15 is 0 Å². The van der Waals surface area contributed by atoms with Crippen LogP contribution in [0.25, 0.3) is 21.8 Å². The van der Waals surface area contributed by atoms with Crippen LogP contribution in [0.1, 0.15) is 5.56 Å². The molecule has 0 saturated heterocycles. The number of nitrogens with zero attached hydrogens (tertiary/aromatic N) is 3. The average molecular weight is 487 g/mol. The van der Waals surface area contributed by atoms with Crippen molar-refractivity contribution in [2.24, 2.45) is 10.8 Å². The Morgan fingerprint density at radius 2 is 1.61 bits per heavy atom. The number of benzene rings is 2. The molecule has 2 aromatic carbocycles. The molecule has 10 heteroatoms. The van der Waals surface area contributed by atoms with Crippen LogP contribution in [-0.2, 0) is 17.1 Å². The summed E-state index contributed by atoms with van der Waals surface area (Å²) >= 11 is 4.57. The van der Waals surface area contributed by atoms with Gasteiger partial charge in [0.1, 0.15) is 0 Å². The molecule has 163 valence electrons. The van der Waals surface area contributed by atoms with E-state index < -0.39 is 0 Å². The van der Waals surface area contributed by atoms with Gasteiger partial charge in [0, 0.05) is 23.2 Å². The third kappa shape index (κ3) is 6.59. The Balaban J connectivity index is 0.000000291. The fourth-order valence-electron chi connectivity index (χ4n) is 2.67. The van der Waals surface area contributed by atoms with Gasteiger partial charge in [-0.1, -0.05) is 30.3 Å². The molecule has 0 aliphatic carbocycles. The Kier molecular flexibility index (Phi) is 10.3. The van der Waals surface area contributed by atoms with Crippen LogP contribution in [-0.4, -0.2) is 39.0 Å². The van der Waals surface area contributed by atoms with Gasteiger partial charge in [-0.05, 0) is 36.5 Å². The van der Waals surface area contributed by atoms with Gasteiger partial charge in [-0.2, -0.15) is 5.10 Å². The Labute approximate surface area is 194 Å². The number of para-hydroxylation sites is 1. The van der Waals surface area contributed by atoms with E-state index in [-0.39, 0.29) is 33.4 Å². The minimum absolute atomic E-state index is 0. The number of nitrogens with two attached hydrogens (primary N) is 1. The normalized spacial score (nSPS) is 9.84. The van der Waals surface area contributed by atoms with E-state index in [9.17, 15) is 0 Å². The van der Waals surface area contributed by atoms with E-state index in [4.69, 9.17) is 15.6 Å². The summed E-state index contributed by atoms with van der Waals surface area (Å²) in [5.74, 6) is 0.766. The Morgan fingerprint density at radius 1 is 1.03 bits per heavy atom. The maximum Gasteiger partial charge on any atom is 2.00 e. The smallest absolute Gasteiger partial charge is 0.870 e. The molecule has 2 aromatic heterocycles. The summed E-state index contributed by atoms with van der Waals surface area (Å²) in [6.45, 7) is 0. The summed E-state index contributed by atoms with van der Waals surface area (Å²) in [6, 6.07) is 17.4. The van der Waals surface area contributed by atoms with Crippen LogP contribution in [0.4, 0.5) is 0 Å². The summed E-state index contributed by atoms with van der Waals surface area (Å²) in [6.07, 6.45) is 5.07. The van der Waals surface area contributed by atoms with Crippen molar-refractivity contribution >= 4 is 45.4 Å². The van der Waals surface area contributed by atoms with E-state index in [2.05, 4.69) is 57.0 Å². The van der Waals surface area contributed by atoms with Crippen LogP contribution in [0.3, 0.4) is 0 Å². The van der Waals surface area contributed by atoms with E-state index in [1.807, 2.05) is 12.1 Å². The minimum Gasteiger partial charge on any atom is -0.870 e. The van der Waals surface area contributed by atoms with E-state index in [1.54, 1.807) is 30.6 Å². The van der Waals surface area contributed by atoms with Crippen LogP contribution in [0.2, 0.25) is 0 Å². The van der Waals surface area contributed by atoms with Crippen LogP contribution in [0, 0.1) is 0 Å². The topological polar surface area (TPSA) is 138 Å². The van der Waals surface area contributed by atoms with Gasteiger partial charge >= 0.3 is 22.8 Å². The van der Waals surface area contributed by atoms with E-state index in [1.165, 1.54) is 13.3 Å². The van der Waals surface area contributed by atoms with Crippen molar-refractivity contribution in [3.63, 3.8) is 0 Å². The summed E-state index contributed by atoms with van der Waals surface area (Å²) in [5.41, 5.74) is 10.2. The predicted octanol–water partition coefficient (Wildman–Crippen LogP) is 2.90. The molecule has 8 nitrogen and oxygen atoms in total. The number of methoxy groups -OCH3 is 1. The second kappa shape index (κ2) is 12.4. The molecule has 0 aliphatic heterocycles. The maximum absolute atomic E-state index is 7.72. The number of hydrogen-bond donors (Lipinski definition) is 2. The average Bonchev–Trinajstić information content (AvgIpc) is 2.75. The fourth-order valence-corrected chi connectivity index (χ4v) is 2.72. The van der Waals surface area contributed by atoms with Gasteiger partial charge in [0.05, 0.1) is 29.9 Å². The number of aromatic nitrogens is 2. The summed E-state index contributed by atoms with van der Waals surface area (Å²) in [4.78, 5) is 8.69. The van der Waals surface area contributed by atoms with Crippen LogP contribution in [0.15, 0.2) is 72.1 Å². The molecule has 0 atom stereocenters. The largest absolute Gasteiger partial charge is 2.00 e. The zero-order valence-electron chi connectivity index (χ0n) is 16.4. The van der Waals surface area contributed by atoms with Crippen molar-refractivity contribution in [3.05, 3.63) is 72.6 Å². The molecule has 0 spiro atoms. The monoisotopic (exact) mass is 486 g/mol. The van der Waals surface area contributed by atoms with Gasteiger partial charge in [-0.25, -0.2) is 0 Å². The standard InChI is InChI=1S/C12H8N2.C9H11N3O2S.Cu.H2O/c1-3-9-5-6-10-4-2-8-14-12(10)11(9)13-7-1;1-14-7-4-2-3-6(8(7)13)5-11-12-9(10)15;;/h1-8H;2-5,13H,1H3,(H3,10,12,15);;1H2/q;;+2;. The number of nitrogens with one attached hydrogen (secondary N) is 1. The Hall–Kier alpha value is -3.30. The van der Waals surface area contributed by atoms with Crippen LogP contribution >= 0.6 is 12.2 Å². The summed E-state index contributed by atoms with van der Waals surface area (Å²) in [5, 5.41) is 13.8. The van der Waals surface area contributed by atoms with Crippen molar-refractivity contribution in [2.75, 3.05) is 7.11 Å². The van der Waals surface area contributed by atoms with E-state index in [0.717, 1.165) is 21.8 Å². The van der Waals surface area contributed by atoms with Crippen molar-refractivity contribution in [3.8, 4) is 11.5 Å². The maximum atomic E-state index is 7.72. The number of rotatable bonds is 3. The third-order valence-corrected chi connectivity index (χ3v) is 4.09.